The first-order chi connectivity index (χ1) is 14.8. The van der Waals surface area contributed by atoms with Crippen molar-refractivity contribution in [1.29, 1.82) is 0 Å². The summed E-state index contributed by atoms with van der Waals surface area (Å²) in [5.74, 6) is -2.22. The first-order valence-corrected chi connectivity index (χ1v) is 10.4. The Morgan fingerprint density at radius 1 is 0.839 bits per heavy atom. The number of hydrogen-bond acceptors (Lipinski definition) is 4. The minimum absolute atomic E-state index is 0.197. The normalized spacial score (nSPS) is 26.5. The highest BCUT2D eigenvalue weighted by atomic mass is 17.2. The number of para-hydroxylation sites is 1. The summed E-state index contributed by atoms with van der Waals surface area (Å²) in [6, 6.07) is 23.1. The van der Waals surface area contributed by atoms with E-state index in [9.17, 15) is 9.90 Å². The molecule has 158 valence electrons. The predicted octanol–water partition coefficient (Wildman–Crippen LogP) is 4.70. The second-order valence-electron chi connectivity index (χ2n) is 8.88. The topological polar surface area (TPSA) is 67.8 Å². The quantitative estimate of drug-likeness (QED) is 0.595. The number of nitrogens with one attached hydrogen (secondary N) is 1. The van der Waals surface area contributed by atoms with E-state index in [-0.39, 0.29) is 12.3 Å². The first kappa shape index (κ1) is 19.9. The van der Waals surface area contributed by atoms with E-state index in [0.29, 0.717) is 11.3 Å². The van der Waals surface area contributed by atoms with Crippen LogP contribution in [0.2, 0.25) is 0 Å². The minimum atomic E-state index is -1.91. The Morgan fingerprint density at radius 2 is 1.39 bits per heavy atom. The molecule has 2 aliphatic rings. The summed E-state index contributed by atoms with van der Waals surface area (Å²) in [6.45, 7) is 5.77. The largest absolute Gasteiger partial charge is 0.359 e. The van der Waals surface area contributed by atoms with Crippen LogP contribution in [-0.2, 0) is 26.0 Å². The molecule has 0 saturated carbocycles. The van der Waals surface area contributed by atoms with Gasteiger partial charge in [0, 0.05) is 17.7 Å². The first-order valence-electron chi connectivity index (χ1n) is 10.4. The van der Waals surface area contributed by atoms with E-state index in [0.717, 1.165) is 22.3 Å². The number of aliphatic hydroxyl groups is 1. The van der Waals surface area contributed by atoms with Gasteiger partial charge in [-0.05, 0) is 38.0 Å². The summed E-state index contributed by atoms with van der Waals surface area (Å²) in [7, 11) is 0. The molecule has 5 rings (SSSR count). The molecule has 0 bridgehead atoms. The highest BCUT2D eigenvalue weighted by molar-refractivity contribution is 5.99. The Bertz CT molecular complexity index is 1110. The third kappa shape index (κ3) is 2.78. The summed E-state index contributed by atoms with van der Waals surface area (Å²) in [5.41, 5.74) is 2.60. The van der Waals surface area contributed by atoms with Gasteiger partial charge in [-0.1, -0.05) is 77.9 Å². The zero-order chi connectivity index (χ0) is 21.9. The molecule has 5 heteroatoms. The van der Waals surface area contributed by atoms with Crippen molar-refractivity contribution in [2.24, 2.45) is 5.41 Å². The number of hydrogen-bond donors (Lipinski definition) is 2. The molecule has 0 radical (unpaired) electrons. The molecule has 1 saturated heterocycles. The van der Waals surface area contributed by atoms with Crippen LogP contribution in [-0.4, -0.2) is 11.0 Å². The van der Waals surface area contributed by atoms with E-state index < -0.39 is 16.8 Å². The Labute approximate surface area is 181 Å². The lowest BCUT2D eigenvalue weighted by Crippen LogP contribution is -2.63. The number of fused-ring (bicyclic) bond motifs is 3. The summed E-state index contributed by atoms with van der Waals surface area (Å²) < 4.78 is 0. The van der Waals surface area contributed by atoms with Crippen LogP contribution in [0.3, 0.4) is 0 Å². The molecule has 1 fully saturated rings. The Balaban J connectivity index is 1.70. The fraction of sp³-hybridized carbons (Fsp3) is 0.269. The Hall–Kier alpha value is -2.99. The fourth-order valence-corrected chi connectivity index (χ4v) is 4.71. The maximum atomic E-state index is 13.4. The summed E-state index contributed by atoms with van der Waals surface area (Å²) in [4.78, 5) is 25.3. The minimum Gasteiger partial charge on any atom is -0.359 e. The van der Waals surface area contributed by atoms with Gasteiger partial charge < -0.3 is 10.4 Å². The van der Waals surface area contributed by atoms with Gasteiger partial charge in [-0.3, -0.25) is 4.79 Å². The van der Waals surface area contributed by atoms with E-state index in [1.54, 1.807) is 31.2 Å². The van der Waals surface area contributed by atoms with Gasteiger partial charge in [0.2, 0.25) is 11.7 Å². The zero-order valence-corrected chi connectivity index (χ0v) is 17.8. The molecule has 0 aromatic heterocycles. The van der Waals surface area contributed by atoms with E-state index in [1.165, 1.54) is 0 Å². The highest BCUT2D eigenvalue weighted by Crippen LogP contribution is 2.59. The van der Waals surface area contributed by atoms with Crippen molar-refractivity contribution in [1.82, 2.24) is 0 Å². The van der Waals surface area contributed by atoms with E-state index in [2.05, 4.69) is 5.32 Å². The second kappa shape index (κ2) is 6.76. The Morgan fingerprint density at radius 3 is 1.97 bits per heavy atom. The van der Waals surface area contributed by atoms with Crippen LogP contribution < -0.4 is 5.32 Å². The van der Waals surface area contributed by atoms with Crippen LogP contribution in [0, 0.1) is 19.3 Å². The third-order valence-corrected chi connectivity index (χ3v) is 6.73. The average molecular weight is 415 g/mol. The van der Waals surface area contributed by atoms with Gasteiger partial charge in [0.15, 0.2) is 5.60 Å². The van der Waals surface area contributed by atoms with Crippen molar-refractivity contribution in [3.05, 3.63) is 101 Å². The zero-order valence-electron chi connectivity index (χ0n) is 17.8. The number of carbonyl (C=O) groups is 1. The van der Waals surface area contributed by atoms with Gasteiger partial charge in [-0.2, -0.15) is 4.89 Å². The van der Waals surface area contributed by atoms with Crippen LogP contribution >= 0.6 is 0 Å². The van der Waals surface area contributed by atoms with Crippen molar-refractivity contribution in [2.75, 3.05) is 5.32 Å². The fourth-order valence-electron chi connectivity index (χ4n) is 4.71. The number of benzene rings is 3. The van der Waals surface area contributed by atoms with Crippen molar-refractivity contribution >= 4 is 11.6 Å². The molecule has 5 nitrogen and oxygen atoms in total. The van der Waals surface area contributed by atoms with Gasteiger partial charge in [-0.25, -0.2) is 4.89 Å². The standard InChI is InChI=1S/C26H25NO4/c1-17-8-12-19(13-9-17)25(20-14-10-18(2)11-15-20)16-24(3)23(28)27-22-7-5-4-6-21(22)26(24,29)31-30-25/h4-15,29H,16H2,1-3H3,(H,27,28). The molecular formula is C26H25NO4. The monoisotopic (exact) mass is 415 g/mol. The summed E-state index contributed by atoms with van der Waals surface area (Å²) in [5, 5.41) is 14.6. The highest BCUT2D eigenvalue weighted by Gasteiger charge is 2.66. The molecule has 2 aliphatic heterocycles. The lowest BCUT2D eigenvalue weighted by molar-refractivity contribution is -0.516. The number of carbonyl (C=O) groups excluding carboxylic acids is 1. The lowest BCUT2D eigenvalue weighted by Gasteiger charge is -2.54. The van der Waals surface area contributed by atoms with Crippen molar-refractivity contribution in [2.45, 2.75) is 38.6 Å². The maximum Gasteiger partial charge on any atom is 0.241 e. The molecule has 31 heavy (non-hydrogen) atoms. The van der Waals surface area contributed by atoms with Gasteiger partial charge in [0.05, 0.1) is 0 Å². The molecular weight excluding hydrogens is 390 g/mol. The van der Waals surface area contributed by atoms with Gasteiger partial charge in [0.25, 0.3) is 0 Å². The molecule has 0 aliphatic carbocycles. The number of aryl methyl sites for hydroxylation is 2. The van der Waals surface area contributed by atoms with Crippen molar-refractivity contribution < 1.29 is 19.7 Å². The third-order valence-electron chi connectivity index (χ3n) is 6.73. The van der Waals surface area contributed by atoms with Crippen molar-refractivity contribution in [3.63, 3.8) is 0 Å². The molecule has 3 aromatic rings. The molecule has 2 unspecified atom stereocenters. The molecule has 0 spiro atoms. The van der Waals surface area contributed by atoms with E-state index in [4.69, 9.17) is 9.78 Å². The van der Waals surface area contributed by atoms with Crippen LogP contribution in [0.5, 0.6) is 0 Å². The van der Waals surface area contributed by atoms with Crippen LogP contribution in [0.4, 0.5) is 5.69 Å². The molecule has 2 N–H and O–H groups in total. The number of amides is 1. The van der Waals surface area contributed by atoms with Crippen LogP contribution in [0.25, 0.3) is 0 Å². The van der Waals surface area contributed by atoms with Crippen LogP contribution in [0.1, 0.15) is 41.2 Å². The molecule has 1 amide bonds. The summed E-state index contributed by atoms with van der Waals surface area (Å²) in [6.07, 6.45) is 0.197. The van der Waals surface area contributed by atoms with Crippen molar-refractivity contribution in [3.8, 4) is 0 Å². The smallest absolute Gasteiger partial charge is 0.241 e. The van der Waals surface area contributed by atoms with E-state index in [1.807, 2.05) is 62.4 Å². The lowest BCUT2D eigenvalue weighted by atomic mass is 9.64. The van der Waals surface area contributed by atoms with Crippen LogP contribution in [0.15, 0.2) is 72.8 Å². The number of anilines is 1. The molecule has 3 aromatic carbocycles. The van der Waals surface area contributed by atoms with Gasteiger partial charge in [0.1, 0.15) is 5.41 Å². The SMILES string of the molecule is Cc1ccc(C2(c3ccc(C)cc3)CC3(C)C(=O)Nc4ccccc4C3(O)OO2)cc1. The second-order valence-corrected chi connectivity index (χ2v) is 8.88. The van der Waals surface area contributed by atoms with E-state index >= 15 is 0 Å². The van der Waals surface area contributed by atoms with Gasteiger partial charge in [-0.15, -0.1) is 0 Å². The Kier molecular flexibility index (Phi) is 4.35. The summed E-state index contributed by atoms with van der Waals surface area (Å²) >= 11 is 0. The average Bonchev–Trinajstić information content (AvgIpc) is 2.76. The molecule has 2 atom stereocenters. The maximum absolute atomic E-state index is 13.4. The van der Waals surface area contributed by atoms with Gasteiger partial charge >= 0.3 is 0 Å². The number of rotatable bonds is 2. The predicted molar refractivity (Wildman–Crippen MR) is 117 cm³/mol. The molecule has 2 heterocycles.